The van der Waals surface area contributed by atoms with Gasteiger partial charge in [0.05, 0.1) is 6.42 Å². The van der Waals surface area contributed by atoms with Gasteiger partial charge in [0.1, 0.15) is 12.2 Å². The molecule has 0 aromatic rings. The summed E-state index contributed by atoms with van der Waals surface area (Å²) in [5.41, 5.74) is -0.153. The van der Waals surface area contributed by atoms with Gasteiger partial charge in [0.2, 0.25) is 0 Å². The van der Waals surface area contributed by atoms with Crippen molar-refractivity contribution in [2.75, 3.05) is 14.1 Å². The summed E-state index contributed by atoms with van der Waals surface area (Å²) in [7, 11) is 4.22. The van der Waals surface area contributed by atoms with Gasteiger partial charge >= 0.3 is 11.9 Å². The van der Waals surface area contributed by atoms with E-state index in [1.54, 1.807) is 0 Å². The van der Waals surface area contributed by atoms with Crippen molar-refractivity contribution in [2.24, 2.45) is 0 Å². The van der Waals surface area contributed by atoms with Crippen molar-refractivity contribution in [1.29, 1.82) is 0 Å². The lowest BCUT2D eigenvalue weighted by Gasteiger charge is -2.53. The number of carbonyl (C=O) groups excluding carboxylic acids is 2. The molecule has 2 rings (SSSR count). The van der Waals surface area contributed by atoms with E-state index in [0.29, 0.717) is 0 Å². The molecule has 0 bridgehead atoms. The second kappa shape index (κ2) is 8.51. The number of ether oxygens (including phenoxy) is 2. The first-order valence-corrected chi connectivity index (χ1v) is 11.4. The van der Waals surface area contributed by atoms with Gasteiger partial charge in [-0.2, -0.15) is 0 Å². The van der Waals surface area contributed by atoms with E-state index >= 15 is 0 Å². The van der Waals surface area contributed by atoms with E-state index in [9.17, 15) is 9.59 Å². The normalized spacial score (nSPS) is 26.3. The highest BCUT2D eigenvalue weighted by Crippen LogP contribution is 2.39. The van der Waals surface area contributed by atoms with Crippen molar-refractivity contribution < 1.29 is 19.1 Å². The van der Waals surface area contributed by atoms with Crippen LogP contribution in [0, 0.1) is 0 Å². The Hall–Kier alpha value is -1.40. The van der Waals surface area contributed by atoms with Crippen LogP contribution in [-0.4, -0.2) is 70.2 Å². The van der Waals surface area contributed by atoms with E-state index in [1.807, 2.05) is 0 Å². The Morgan fingerprint density at radius 2 is 1.06 bits per heavy atom. The summed E-state index contributed by atoms with van der Waals surface area (Å²) in [5.74, 6) is -0.908. The lowest BCUT2D eigenvalue weighted by molar-refractivity contribution is -0.161. The zero-order valence-corrected chi connectivity index (χ0v) is 21.4. The van der Waals surface area contributed by atoms with Crippen molar-refractivity contribution in [3.8, 4) is 0 Å². The van der Waals surface area contributed by atoms with Gasteiger partial charge in [-0.25, -0.2) is 4.79 Å². The first-order valence-electron chi connectivity index (χ1n) is 11.4. The van der Waals surface area contributed by atoms with E-state index < -0.39 is 11.9 Å². The fraction of sp³-hybridized carbons (Fsp3) is 0.840. The number of rotatable bonds is 5. The summed E-state index contributed by atoms with van der Waals surface area (Å²) in [4.78, 5) is 29.9. The molecule has 2 heterocycles. The Labute approximate surface area is 189 Å². The highest BCUT2D eigenvalue weighted by Gasteiger charge is 2.45. The van der Waals surface area contributed by atoms with Crippen LogP contribution >= 0.6 is 0 Å². The topological polar surface area (TPSA) is 59.1 Å². The van der Waals surface area contributed by atoms with Gasteiger partial charge in [-0.1, -0.05) is 6.58 Å². The number of hydrogen-bond acceptors (Lipinski definition) is 6. The Morgan fingerprint density at radius 3 is 1.42 bits per heavy atom. The largest absolute Gasteiger partial charge is 0.462 e. The predicted molar refractivity (Wildman–Crippen MR) is 124 cm³/mol. The van der Waals surface area contributed by atoms with Gasteiger partial charge in [-0.3, -0.25) is 14.6 Å². The highest BCUT2D eigenvalue weighted by atomic mass is 16.6. The minimum absolute atomic E-state index is 0.0730. The van der Waals surface area contributed by atoms with E-state index in [1.165, 1.54) is 0 Å². The summed E-state index contributed by atoms with van der Waals surface area (Å²) in [6, 6.07) is 0. The molecule has 6 heteroatoms. The maximum Gasteiger partial charge on any atom is 0.334 e. The third kappa shape index (κ3) is 5.89. The minimum Gasteiger partial charge on any atom is -0.462 e. The molecule has 0 unspecified atom stereocenters. The monoisotopic (exact) mass is 436 g/mol. The third-order valence-corrected chi connectivity index (χ3v) is 7.76. The quantitative estimate of drug-likeness (QED) is 0.472. The molecule has 2 aliphatic rings. The highest BCUT2D eigenvalue weighted by molar-refractivity contribution is 5.93. The lowest BCUT2D eigenvalue weighted by atomic mass is 9.78. The zero-order chi connectivity index (χ0) is 24.0. The average molecular weight is 437 g/mol. The van der Waals surface area contributed by atoms with Crippen LogP contribution in [0.25, 0.3) is 0 Å². The number of piperidine rings is 2. The number of carbonyl (C=O) groups is 2. The molecule has 0 spiro atoms. The number of nitrogens with zero attached hydrogens (tertiary/aromatic N) is 2. The molecule has 2 aliphatic heterocycles. The van der Waals surface area contributed by atoms with Crippen LogP contribution in [-0.2, 0) is 19.1 Å². The molecular formula is C25H44N2O4. The Balaban J connectivity index is 1.92. The smallest absolute Gasteiger partial charge is 0.334 e. The lowest BCUT2D eigenvalue weighted by Crippen LogP contribution is -2.60. The second-order valence-electron chi connectivity index (χ2n) is 12.1. The van der Waals surface area contributed by atoms with Crippen LogP contribution in [0.5, 0.6) is 0 Å². The van der Waals surface area contributed by atoms with Gasteiger partial charge in [-0.15, -0.1) is 0 Å². The molecule has 0 radical (unpaired) electrons. The Bertz CT molecular complexity index is 687. The van der Waals surface area contributed by atoms with Gasteiger partial charge in [0, 0.05) is 53.4 Å². The number of hydrogen-bond donors (Lipinski definition) is 0. The molecule has 0 atom stereocenters. The van der Waals surface area contributed by atoms with Crippen LogP contribution in [0.3, 0.4) is 0 Å². The molecule has 0 aliphatic carbocycles. The van der Waals surface area contributed by atoms with Crippen molar-refractivity contribution in [1.82, 2.24) is 9.80 Å². The maximum atomic E-state index is 12.6. The van der Waals surface area contributed by atoms with E-state index in [2.05, 4.69) is 85.9 Å². The molecule has 0 saturated carbocycles. The van der Waals surface area contributed by atoms with Crippen molar-refractivity contribution in [2.45, 2.75) is 122 Å². The minimum atomic E-state index is -0.498. The van der Waals surface area contributed by atoms with Gasteiger partial charge in [-0.05, 0) is 69.5 Å². The van der Waals surface area contributed by atoms with E-state index in [0.717, 1.165) is 25.7 Å². The summed E-state index contributed by atoms with van der Waals surface area (Å²) in [6.45, 7) is 21.1. The SMILES string of the molecule is C=C(CC(=O)OC1CC(C)(C)N(C)C(C)(C)C1)C(=O)OC1CC(C)(C)N(C)C(C)(C)C1. The van der Waals surface area contributed by atoms with Crippen LogP contribution in [0.2, 0.25) is 0 Å². The Morgan fingerprint density at radius 1 is 0.742 bits per heavy atom. The number of esters is 2. The third-order valence-electron chi connectivity index (χ3n) is 7.76. The molecule has 2 saturated heterocycles. The van der Waals surface area contributed by atoms with E-state index in [4.69, 9.17) is 9.47 Å². The molecule has 0 amide bonds. The molecule has 0 aromatic heterocycles. The van der Waals surface area contributed by atoms with Crippen molar-refractivity contribution >= 4 is 11.9 Å². The van der Waals surface area contributed by atoms with Gasteiger partial charge < -0.3 is 9.47 Å². The molecule has 31 heavy (non-hydrogen) atoms. The standard InChI is InChI=1S/C25H44N2O4/c1-17(21(29)31-19-15-24(6,7)27(11)25(8,9)16-19)12-20(28)30-18-13-22(2,3)26(10)23(4,5)14-18/h18-19H,1,12-16H2,2-11H3. The van der Waals surface area contributed by atoms with Gasteiger partial charge in [0.15, 0.2) is 0 Å². The van der Waals surface area contributed by atoms with Crippen LogP contribution in [0.1, 0.15) is 87.5 Å². The zero-order valence-electron chi connectivity index (χ0n) is 21.4. The van der Waals surface area contributed by atoms with E-state index in [-0.39, 0.29) is 46.4 Å². The van der Waals surface area contributed by atoms with Gasteiger partial charge in [0.25, 0.3) is 0 Å². The average Bonchev–Trinajstić information content (AvgIpc) is 2.56. The first-order chi connectivity index (χ1) is 13.9. The molecule has 2 fully saturated rings. The molecule has 178 valence electrons. The summed E-state index contributed by atoms with van der Waals surface area (Å²) in [5, 5.41) is 0. The summed E-state index contributed by atoms with van der Waals surface area (Å²) in [6.07, 6.45) is 2.51. The van der Waals surface area contributed by atoms with Crippen molar-refractivity contribution in [3.05, 3.63) is 12.2 Å². The second-order valence-corrected chi connectivity index (χ2v) is 12.1. The van der Waals surface area contributed by atoms with Crippen molar-refractivity contribution in [3.63, 3.8) is 0 Å². The molecule has 6 nitrogen and oxygen atoms in total. The fourth-order valence-corrected chi connectivity index (χ4v) is 5.43. The molecule has 0 N–H and O–H groups in total. The van der Waals surface area contributed by atoms with Crippen LogP contribution in [0.15, 0.2) is 12.2 Å². The predicted octanol–water partition coefficient (Wildman–Crippen LogP) is 4.32. The maximum absolute atomic E-state index is 12.6. The summed E-state index contributed by atoms with van der Waals surface area (Å²) < 4.78 is 11.5. The van der Waals surface area contributed by atoms with Crippen LogP contribution < -0.4 is 0 Å². The fourth-order valence-electron chi connectivity index (χ4n) is 5.43. The molecule has 0 aromatic carbocycles. The number of likely N-dealkylation sites (tertiary alicyclic amines) is 2. The van der Waals surface area contributed by atoms with Crippen LogP contribution in [0.4, 0.5) is 0 Å². The molecular weight excluding hydrogens is 392 g/mol. The first kappa shape index (κ1) is 25.9. The Kier molecular flexibility index (Phi) is 7.10. The summed E-state index contributed by atoms with van der Waals surface area (Å²) >= 11 is 0.